The van der Waals surface area contributed by atoms with Crippen molar-refractivity contribution in [3.8, 4) is 17.1 Å². The molecule has 0 aliphatic carbocycles. The van der Waals surface area contributed by atoms with Gasteiger partial charge in [-0.2, -0.15) is 0 Å². The number of nitrogens with zero attached hydrogens (tertiary/aromatic N) is 3. The number of thiazole rings is 1. The minimum Gasteiger partial charge on any atom is -0.489 e. The van der Waals surface area contributed by atoms with Gasteiger partial charge in [0.25, 0.3) is 5.91 Å². The molecule has 1 aromatic carbocycles. The van der Waals surface area contributed by atoms with Crippen molar-refractivity contribution in [2.45, 2.75) is 20.5 Å². The van der Waals surface area contributed by atoms with Gasteiger partial charge in [-0.15, -0.1) is 11.3 Å². The van der Waals surface area contributed by atoms with Gasteiger partial charge < -0.3 is 9.26 Å². The Labute approximate surface area is 171 Å². The fourth-order valence-corrected chi connectivity index (χ4v) is 3.40. The topological polar surface area (TPSA) is 90.1 Å². The minimum atomic E-state index is -0.232. The number of ether oxygens (including phenoxy) is 1. The molecule has 0 spiro atoms. The van der Waals surface area contributed by atoms with Crippen LogP contribution in [0.1, 0.15) is 27.4 Å². The van der Waals surface area contributed by atoms with E-state index >= 15 is 0 Å². The number of nitrogens with one attached hydrogen (secondary N) is 1. The predicted molar refractivity (Wildman–Crippen MR) is 110 cm³/mol. The summed E-state index contributed by atoms with van der Waals surface area (Å²) in [5.74, 6) is 1.17. The first-order chi connectivity index (χ1) is 14.1. The molecule has 146 valence electrons. The lowest BCUT2D eigenvalue weighted by Gasteiger charge is -2.07. The van der Waals surface area contributed by atoms with Crippen LogP contribution in [0.25, 0.3) is 11.4 Å². The molecule has 1 amide bonds. The Morgan fingerprint density at radius 1 is 1.14 bits per heavy atom. The maximum Gasteiger partial charge on any atom is 0.257 e. The summed E-state index contributed by atoms with van der Waals surface area (Å²) >= 11 is 1.36. The van der Waals surface area contributed by atoms with Crippen molar-refractivity contribution in [2.24, 2.45) is 0 Å². The molecule has 0 saturated carbocycles. The second-order valence-corrected chi connectivity index (χ2v) is 7.18. The highest BCUT2D eigenvalue weighted by Crippen LogP contribution is 2.24. The summed E-state index contributed by atoms with van der Waals surface area (Å²) < 4.78 is 10.9. The van der Waals surface area contributed by atoms with E-state index in [1.54, 1.807) is 30.5 Å². The predicted octanol–water partition coefficient (Wildman–Crippen LogP) is 4.64. The lowest BCUT2D eigenvalue weighted by molar-refractivity contribution is 0.102. The summed E-state index contributed by atoms with van der Waals surface area (Å²) in [6.07, 6.45) is 1.71. The summed E-state index contributed by atoms with van der Waals surface area (Å²) in [7, 11) is 0. The lowest BCUT2D eigenvalue weighted by Crippen LogP contribution is -2.11. The van der Waals surface area contributed by atoms with E-state index in [4.69, 9.17) is 9.26 Å². The summed E-state index contributed by atoms with van der Waals surface area (Å²) in [4.78, 5) is 21.2. The molecule has 0 saturated heterocycles. The van der Waals surface area contributed by atoms with E-state index in [1.165, 1.54) is 11.3 Å². The first kappa shape index (κ1) is 18.8. The Morgan fingerprint density at radius 2 is 1.97 bits per heavy atom. The number of carbonyl (C=O) groups is 1. The van der Waals surface area contributed by atoms with Crippen LogP contribution in [-0.4, -0.2) is 21.0 Å². The van der Waals surface area contributed by atoms with E-state index < -0.39 is 0 Å². The van der Waals surface area contributed by atoms with Crippen molar-refractivity contribution < 1.29 is 14.1 Å². The molecule has 0 aliphatic rings. The first-order valence-electron chi connectivity index (χ1n) is 8.93. The molecule has 3 heterocycles. The van der Waals surface area contributed by atoms with Crippen LogP contribution in [0.4, 0.5) is 5.13 Å². The number of hydrogen-bond donors (Lipinski definition) is 1. The normalized spacial score (nSPS) is 10.7. The highest BCUT2D eigenvalue weighted by Gasteiger charge is 2.12. The highest BCUT2D eigenvalue weighted by molar-refractivity contribution is 7.14. The quantitative estimate of drug-likeness (QED) is 0.502. The van der Waals surface area contributed by atoms with E-state index in [-0.39, 0.29) is 5.91 Å². The number of pyridine rings is 1. The van der Waals surface area contributed by atoms with Crippen molar-refractivity contribution in [3.05, 3.63) is 76.6 Å². The van der Waals surface area contributed by atoms with Crippen molar-refractivity contribution in [1.82, 2.24) is 15.1 Å². The van der Waals surface area contributed by atoms with E-state index in [2.05, 4.69) is 20.4 Å². The molecule has 1 N–H and O–H groups in total. The highest BCUT2D eigenvalue weighted by atomic mass is 32.1. The van der Waals surface area contributed by atoms with Crippen molar-refractivity contribution >= 4 is 22.4 Å². The third kappa shape index (κ3) is 4.33. The maximum atomic E-state index is 12.5. The SMILES string of the molecule is Cc1noc(C)c1COc1ccc(C(=O)Nc2nc(-c3ccccn3)cs2)cc1. The Balaban J connectivity index is 1.38. The Hall–Kier alpha value is -3.52. The molecule has 29 heavy (non-hydrogen) atoms. The molecule has 0 atom stereocenters. The molecule has 3 aromatic heterocycles. The lowest BCUT2D eigenvalue weighted by atomic mass is 10.2. The van der Waals surface area contributed by atoms with Crippen LogP contribution >= 0.6 is 11.3 Å². The van der Waals surface area contributed by atoms with Crippen LogP contribution in [-0.2, 0) is 6.61 Å². The second kappa shape index (κ2) is 8.24. The van der Waals surface area contributed by atoms with Crippen molar-refractivity contribution in [1.29, 1.82) is 0 Å². The molecule has 0 unspecified atom stereocenters. The molecule has 8 heteroatoms. The second-order valence-electron chi connectivity index (χ2n) is 6.32. The molecule has 4 aromatic rings. The standard InChI is InChI=1S/C21H18N4O3S/c1-13-17(14(2)28-25-13)11-27-16-8-6-15(7-9-16)20(26)24-21-23-19(12-29-21)18-5-3-4-10-22-18/h3-10,12H,11H2,1-2H3,(H,23,24,26). The van der Waals surface area contributed by atoms with Gasteiger partial charge in [-0.1, -0.05) is 11.2 Å². The largest absolute Gasteiger partial charge is 0.489 e. The van der Waals surface area contributed by atoms with Gasteiger partial charge in [-0.25, -0.2) is 4.98 Å². The maximum absolute atomic E-state index is 12.5. The van der Waals surface area contributed by atoms with Crippen molar-refractivity contribution in [2.75, 3.05) is 5.32 Å². The number of anilines is 1. The van der Waals surface area contributed by atoms with Gasteiger partial charge in [0.05, 0.1) is 17.0 Å². The smallest absolute Gasteiger partial charge is 0.257 e. The van der Waals surface area contributed by atoms with E-state index in [0.717, 1.165) is 28.4 Å². The van der Waals surface area contributed by atoms with Crippen LogP contribution in [0.2, 0.25) is 0 Å². The van der Waals surface area contributed by atoms with Crippen LogP contribution < -0.4 is 10.1 Å². The molecule has 4 rings (SSSR count). The van der Waals surface area contributed by atoms with Crippen LogP contribution in [0.15, 0.2) is 58.6 Å². The number of amides is 1. The average Bonchev–Trinajstić information content (AvgIpc) is 3.34. The summed E-state index contributed by atoms with van der Waals surface area (Å²) in [6, 6.07) is 12.6. The zero-order valence-corrected chi connectivity index (χ0v) is 16.7. The number of aryl methyl sites for hydroxylation is 2. The van der Waals surface area contributed by atoms with Gasteiger partial charge in [0.2, 0.25) is 0 Å². The monoisotopic (exact) mass is 406 g/mol. The average molecular weight is 406 g/mol. The molecule has 0 aliphatic heterocycles. The minimum absolute atomic E-state index is 0.232. The Morgan fingerprint density at radius 3 is 2.66 bits per heavy atom. The van der Waals surface area contributed by atoms with E-state index in [9.17, 15) is 4.79 Å². The zero-order valence-electron chi connectivity index (χ0n) is 15.9. The molecule has 0 fully saturated rings. The van der Waals surface area contributed by atoms with Gasteiger partial charge in [-0.05, 0) is 50.2 Å². The van der Waals surface area contributed by atoms with Gasteiger partial charge in [0.15, 0.2) is 5.13 Å². The molecule has 7 nitrogen and oxygen atoms in total. The third-order valence-electron chi connectivity index (χ3n) is 4.33. The molecular formula is C21H18N4O3S. The van der Waals surface area contributed by atoms with Gasteiger partial charge in [0, 0.05) is 17.1 Å². The van der Waals surface area contributed by atoms with Gasteiger partial charge in [0.1, 0.15) is 23.8 Å². The Kier molecular flexibility index (Phi) is 5.35. The van der Waals surface area contributed by atoms with Gasteiger partial charge in [-0.3, -0.25) is 15.1 Å². The van der Waals surface area contributed by atoms with Crippen LogP contribution in [0, 0.1) is 13.8 Å². The van der Waals surface area contributed by atoms with E-state index in [0.29, 0.717) is 23.1 Å². The number of benzene rings is 1. The zero-order chi connectivity index (χ0) is 20.2. The van der Waals surface area contributed by atoms with Crippen LogP contribution in [0.5, 0.6) is 5.75 Å². The third-order valence-corrected chi connectivity index (χ3v) is 5.09. The Bertz CT molecular complexity index is 1100. The first-order valence-corrected chi connectivity index (χ1v) is 9.81. The summed E-state index contributed by atoms with van der Waals surface area (Å²) in [5, 5.41) is 9.11. The molecule has 0 radical (unpaired) electrons. The number of carbonyl (C=O) groups excluding carboxylic acids is 1. The van der Waals surface area contributed by atoms with Crippen molar-refractivity contribution in [3.63, 3.8) is 0 Å². The molecular weight excluding hydrogens is 388 g/mol. The summed E-state index contributed by atoms with van der Waals surface area (Å²) in [6.45, 7) is 4.09. The van der Waals surface area contributed by atoms with Crippen LogP contribution in [0.3, 0.4) is 0 Å². The van der Waals surface area contributed by atoms with Gasteiger partial charge >= 0.3 is 0 Å². The fraction of sp³-hybridized carbons (Fsp3) is 0.143. The number of rotatable bonds is 6. The number of hydrogen-bond acceptors (Lipinski definition) is 7. The molecule has 0 bridgehead atoms. The van der Waals surface area contributed by atoms with E-state index in [1.807, 2.05) is 37.4 Å². The fourth-order valence-electron chi connectivity index (χ4n) is 2.70. The summed E-state index contributed by atoms with van der Waals surface area (Å²) in [5.41, 5.74) is 3.76. The number of aromatic nitrogens is 3.